The zero-order chi connectivity index (χ0) is 10.8. The molecule has 0 bridgehead atoms. The smallest absolute Gasteiger partial charge is 0.272 e. The molecule has 15 heavy (non-hydrogen) atoms. The highest BCUT2D eigenvalue weighted by molar-refractivity contribution is 5.67. The number of H-pyrrole nitrogens is 1. The molecule has 76 valence electrons. The second-order valence-corrected chi connectivity index (χ2v) is 3.35. The first-order chi connectivity index (χ1) is 7.18. The van der Waals surface area contributed by atoms with Crippen molar-refractivity contribution in [2.45, 2.75) is 6.92 Å². The summed E-state index contributed by atoms with van der Waals surface area (Å²) in [6.07, 6.45) is 0. The first-order valence-electron chi connectivity index (χ1n) is 4.59. The van der Waals surface area contributed by atoms with Gasteiger partial charge in [0.25, 0.3) is 5.56 Å². The summed E-state index contributed by atoms with van der Waals surface area (Å²) < 4.78 is 0. The Balaban J connectivity index is 2.69. The third-order valence-electron chi connectivity index (χ3n) is 2.26. The van der Waals surface area contributed by atoms with Crippen LogP contribution in [0.3, 0.4) is 0 Å². The molecule has 0 aliphatic rings. The van der Waals surface area contributed by atoms with E-state index >= 15 is 0 Å². The molecule has 0 radical (unpaired) electrons. The highest BCUT2D eigenvalue weighted by Gasteiger charge is 2.06. The molecule has 0 fully saturated rings. The molecule has 0 unspecified atom stereocenters. The molecule has 4 nitrogen and oxygen atoms in total. The van der Waals surface area contributed by atoms with Crippen molar-refractivity contribution < 1.29 is 0 Å². The molecule has 1 aromatic heterocycles. The summed E-state index contributed by atoms with van der Waals surface area (Å²) in [4.78, 5) is 11.6. The number of nitrogen functional groups attached to an aromatic ring is 1. The average Bonchev–Trinajstić information content (AvgIpc) is 2.23. The van der Waals surface area contributed by atoms with Crippen molar-refractivity contribution in [3.63, 3.8) is 0 Å². The molecule has 1 aromatic carbocycles. The third kappa shape index (κ3) is 1.74. The number of anilines is 1. The van der Waals surface area contributed by atoms with Gasteiger partial charge in [-0.2, -0.15) is 5.10 Å². The van der Waals surface area contributed by atoms with Crippen molar-refractivity contribution in [1.29, 1.82) is 0 Å². The van der Waals surface area contributed by atoms with Gasteiger partial charge in [0.1, 0.15) is 5.82 Å². The lowest BCUT2D eigenvalue weighted by molar-refractivity contribution is 1.00. The van der Waals surface area contributed by atoms with Gasteiger partial charge in [0.05, 0.1) is 5.56 Å². The van der Waals surface area contributed by atoms with E-state index in [1.54, 1.807) is 6.07 Å². The maximum atomic E-state index is 11.6. The van der Waals surface area contributed by atoms with Gasteiger partial charge in [0.15, 0.2) is 0 Å². The summed E-state index contributed by atoms with van der Waals surface area (Å²) >= 11 is 0. The number of rotatable bonds is 1. The molecule has 0 aliphatic heterocycles. The van der Waals surface area contributed by atoms with Crippen LogP contribution in [-0.4, -0.2) is 10.2 Å². The number of aromatic amines is 1. The Hall–Kier alpha value is -2.10. The minimum atomic E-state index is -0.224. The fourth-order valence-electron chi connectivity index (χ4n) is 1.50. The number of aromatic nitrogens is 2. The van der Waals surface area contributed by atoms with E-state index in [9.17, 15) is 4.79 Å². The lowest BCUT2D eigenvalue weighted by atomic mass is 10.0. The molecule has 0 amide bonds. The molecule has 4 heteroatoms. The zero-order valence-electron chi connectivity index (χ0n) is 8.32. The van der Waals surface area contributed by atoms with E-state index in [4.69, 9.17) is 5.73 Å². The van der Waals surface area contributed by atoms with Gasteiger partial charge in [-0.25, -0.2) is 5.10 Å². The van der Waals surface area contributed by atoms with Gasteiger partial charge in [0, 0.05) is 0 Å². The third-order valence-corrected chi connectivity index (χ3v) is 2.26. The fraction of sp³-hybridized carbons (Fsp3) is 0.0909. The maximum Gasteiger partial charge on any atom is 0.272 e. The highest BCUT2D eigenvalue weighted by atomic mass is 16.1. The number of aryl methyl sites for hydroxylation is 1. The summed E-state index contributed by atoms with van der Waals surface area (Å²) in [6, 6.07) is 9.24. The number of hydrogen-bond acceptors (Lipinski definition) is 3. The summed E-state index contributed by atoms with van der Waals surface area (Å²) in [5.74, 6) is 0.313. The van der Waals surface area contributed by atoms with E-state index in [0.717, 1.165) is 11.1 Å². The molecule has 2 aromatic rings. The normalized spacial score (nSPS) is 10.2. The summed E-state index contributed by atoms with van der Waals surface area (Å²) in [6.45, 7) is 1.95. The van der Waals surface area contributed by atoms with Gasteiger partial charge in [0.2, 0.25) is 0 Å². The molecule has 3 N–H and O–H groups in total. The van der Waals surface area contributed by atoms with E-state index in [0.29, 0.717) is 11.4 Å². The van der Waals surface area contributed by atoms with E-state index in [1.165, 1.54) is 0 Å². The van der Waals surface area contributed by atoms with Crippen LogP contribution in [0.5, 0.6) is 0 Å². The number of hydrogen-bond donors (Lipinski definition) is 2. The Morgan fingerprint density at radius 2 is 2.00 bits per heavy atom. The topological polar surface area (TPSA) is 71.8 Å². The monoisotopic (exact) mass is 201 g/mol. The van der Waals surface area contributed by atoms with Crippen molar-refractivity contribution in [3.8, 4) is 11.1 Å². The van der Waals surface area contributed by atoms with Gasteiger partial charge in [-0.1, -0.05) is 24.3 Å². The maximum absolute atomic E-state index is 11.6. The molecule has 2 rings (SSSR count). The summed E-state index contributed by atoms with van der Waals surface area (Å²) in [7, 11) is 0. The first-order valence-corrected chi connectivity index (χ1v) is 4.59. The lowest BCUT2D eigenvalue weighted by Gasteiger charge is -2.04. The van der Waals surface area contributed by atoms with Gasteiger partial charge in [-0.3, -0.25) is 4.79 Å². The molecule has 0 saturated heterocycles. The van der Waals surface area contributed by atoms with Crippen LogP contribution in [0.4, 0.5) is 5.82 Å². The molecule has 0 aliphatic carbocycles. The van der Waals surface area contributed by atoms with Gasteiger partial charge >= 0.3 is 0 Å². The second-order valence-electron chi connectivity index (χ2n) is 3.35. The largest absolute Gasteiger partial charge is 0.382 e. The Labute approximate surface area is 86.8 Å². The Bertz CT molecular complexity index is 546. The minimum Gasteiger partial charge on any atom is -0.382 e. The fourth-order valence-corrected chi connectivity index (χ4v) is 1.50. The number of nitrogens with zero attached hydrogens (tertiary/aromatic N) is 1. The average molecular weight is 201 g/mol. The van der Waals surface area contributed by atoms with E-state index < -0.39 is 0 Å². The quantitative estimate of drug-likeness (QED) is 0.731. The van der Waals surface area contributed by atoms with Gasteiger partial charge in [-0.05, 0) is 24.1 Å². The lowest BCUT2D eigenvalue weighted by Crippen LogP contribution is -2.12. The van der Waals surface area contributed by atoms with Crippen molar-refractivity contribution in [2.24, 2.45) is 0 Å². The molecule has 0 saturated carbocycles. The van der Waals surface area contributed by atoms with Crippen LogP contribution in [0.15, 0.2) is 35.1 Å². The predicted molar refractivity (Wildman–Crippen MR) is 59.4 cm³/mol. The molecule has 0 atom stereocenters. The van der Waals surface area contributed by atoms with E-state index in [1.807, 2.05) is 31.2 Å². The van der Waals surface area contributed by atoms with Gasteiger partial charge < -0.3 is 5.73 Å². The van der Waals surface area contributed by atoms with Crippen LogP contribution in [0.25, 0.3) is 11.1 Å². The van der Waals surface area contributed by atoms with Crippen LogP contribution >= 0.6 is 0 Å². The van der Waals surface area contributed by atoms with Crippen LogP contribution in [-0.2, 0) is 0 Å². The molecule has 1 heterocycles. The van der Waals surface area contributed by atoms with Crippen LogP contribution < -0.4 is 11.3 Å². The standard InChI is InChI=1S/C11H11N3O/c1-7-4-2-3-5-8(7)9-6-10(12)13-14-11(9)15/h2-6H,1H3,(H2,12,13)(H,14,15). The molecule has 0 spiro atoms. The second kappa shape index (κ2) is 3.57. The summed E-state index contributed by atoms with van der Waals surface area (Å²) in [5, 5.41) is 6.00. The van der Waals surface area contributed by atoms with Crippen molar-refractivity contribution >= 4 is 5.82 Å². The molecular weight excluding hydrogens is 190 g/mol. The first kappa shape index (κ1) is 9.45. The Kier molecular flexibility index (Phi) is 2.25. The number of nitrogens with one attached hydrogen (secondary N) is 1. The van der Waals surface area contributed by atoms with Gasteiger partial charge in [-0.15, -0.1) is 0 Å². The van der Waals surface area contributed by atoms with Crippen LogP contribution in [0.1, 0.15) is 5.56 Å². The van der Waals surface area contributed by atoms with E-state index in [2.05, 4.69) is 10.2 Å². The van der Waals surface area contributed by atoms with Crippen molar-refractivity contribution in [2.75, 3.05) is 5.73 Å². The Morgan fingerprint density at radius 3 is 2.73 bits per heavy atom. The Morgan fingerprint density at radius 1 is 1.27 bits per heavy atom. The van der Waals surface area contributed by atoms with E-state index in [-0.39, 0.29) is 5.56 Å². The minimum absolute atomic E-state index is 0.224. The predicted octanol–water partition coefficient (Wildman–Crippen LogP) is 1.33. The SMILES string of the molecule is Cc1ccccc1-c1cc(N)n[nH]c1=O. The highest BCUT2D eigenvalue weighted by Crippen LogP contribution is 2.19. The van der Waals surface area contributed by atoms with Crippen molar-refractivity contribution in [3.05, 3.63) is 46.2 Å². The number of nitrogens with two attached hydrogens (primary N) is 1. The zero-order valence-corrected chi connectivity index (χ0v) is 8.32. The van der Waals surface area contributed by atoms with Crippen LogP contribution in [0.2, 0.25) is 0 Å². The summed E-state index contributed by atoms with van der Waals surface area (Å²) in [5.41, 5.74) is 7.78. The van der Waals surface area contributed by atoms with Crippen molar-refractivity contribution in [1.82, 2.24) is 10.2 Å². The molecular formula is C11H11N3O. The number of benzene rings is 1. The van der Waals surface area contributed by atoms with Crippen LogP contribution in [0, 0.1) is 6.92 Å².